The molecule has 0 saturated heterocycles. The second kappa shape index (κ2) is 5.71. The van der Waals surface area contributed by atoms with E-state index in [1.54, 1.807) is 11.3 Å². The molecule has 0 bridgehead atoms. The molecule has 0 amide bonds. The van der Waals surface area contributed by atoms with Crippen molar-refractivity contribution in [1.29, 1.82) is 0 Å². The summed E-state index contributed by atoms with van der Waals surface area (Å²) < 4.78 is 0. The number of thiophene rings is 1. The second-order valence-electron chi connectivity index (χ2n) is 4.23. The molecule has 2 aromatic heterocycles. The summed E-state index contributed by atoms with van der Waals surface area (Å²) in [4.78, 5) is 10.2. The van der Waals surface area contributed by atoms with Crippen molar-refractivity contribution < 1.29 is 0 Å². The van der Waals surface area contributed by atoms with E-state index in [4.69, 9.17) is 17.3 Å². The molecule has 20 heavy (non-hydrogen) atoms. The van der Waals surface area contributed by atoms with Gasteiger partial charge in [-0.05, 0) is 29.6 Å². The average Bonchev–Trinajstić information content (AvgIpc) is 3.01. The van der Waals surface area contributed by atoms with E-state index in [1.807, 2.05) is 47.8 Å². The molecule has 0 aliphatic rings. The first-order chi connectivity index (χ1) is 9.78. The third-order valence-corrected chi connectivity index (χ3v) is 4.10. The molecule has 100 valence electrons. The lowest BCUT2D eigenvalue weighted by Crippen LogP contribution is -2.03. The highest BCUT2D eigenvalue weighted by Crippen LogP contribution is 2.29. The maximum absolute atomic E-state index is 6.22. The molecule has 0 radical (unpaired) electrons. The number of aromatic nitrogens is 2. The zero-order valence-corrected chi connectivity index (χ0v) is 12.2. The van der Waals surface area contributed by atoms with Crippen molar-refractivity contribution in [2.45, 2.75) is 6.54 Å². The predicted octanol–water partition coefficient (Wildman–Crippen LogP) is 3.98. The zero-order valence-electron chi connectivity index (χ0n) is 10.6. The van der Waals surface area contributed by atoms with Crippen LogP contribution in [0.1, 0.15) is 5.69 Å². The first-order valence-electron chi connectivity index (χ1n) is 6.15. The monoisotopic (exact) mass is 301 g/mol. The summed E-state index contributed by atoms with van der Waals surface area (Å²) in [5.41, 5.74) is 8.24. The van der Waals surface area contributed by atoms with Gasteiger partial charge in [-0.1, -0.05) is 29.8 Å². The van der Waals surface area contributed by atoms with Crippen LogP contribution in [0.5, 0.6) is 0 Å². The van der Waals surface area contributed by atoms with E-state index in [0.717, 1.165) is 21.8 Å². The smallest absolute Gasteiger partial charge is 0.161 e. The summed E-state index contributed by atoms with van der Waals surface area (Å²) >= 11 is 7.86. The van der Waals surface area contributed by atoms with Gasteiger partial charge in [0.1, 0.15) is 0 Å². The van der Waals surface area contributed by atoms with E-state index in [2.05, 4.69) is 9.97 Å². The van der Waals surface area contributed by atoms with Crippen molar-refractivity contribution in [3.8, 4) is 22.0 Å². The lowest BCUT2D eigenvalue weighted by atomic mass is 10.2. The molecule has 3 aromatic rings. The molecule has 5 heteroatoms. The fourth-order valence-corrected chi connectivity index (χ4v) is 2.82. The summed E-state index contributed by atoms with van der Waals surface area (Å²) in [6.45, 7) is 0.373. The third kappa shape index (κ3) is 2.58. The van der Waals surface area contributed by atoms with Gasteiger partial charge in [-0.15, -0.1) is 11.3 Å². The number of hydrogen-bond acceptors (Lipinski definition) is 4. The molecule has 0 unspecified atom stereocenters. The van der Waals surface area contributed by atoms with Crippen molar-refractivity contribution >= 4 is 22.9 Å². The number of nitrogens with zero attached hydrogens (tertiary/aromatic N) is 2. The Morgan fingerprint density at radius 1 is 1.10 bits per heavy atom. The van der Waals surface area contributed by atoms with E-state index < -0.39 is 0 Å². The predicted molar refractivity (Wildman–Crippen MR) is 83.7 cm³/mol. The summed E-state index contributed by atoms with van der Waals surface area (Å²) in [6, 6.07) is 13.5. The minimum atomic E-state index is 0.373. The molecule has 3 rings (SSSR count). The van der Waals surface area contributed by atoms with E-state index in [-0.39, 0.29) is 0 Å². The number of nitrogens with two attached hydrogens (primary N) is 1. The quantitative estimate of drug-likeness (QED) is 0.796. The lowest BCUT2D eigenvalue weighted by Gasteiger charge is -2.07. The largest absolute Gasteiger partial charge is 0.325 e. The fourth-order valence-electron chi connectivity index (χ4n) is 1.92. The van der Waals surface area contributed by atoms with E-state index >= 15 is 0 Å². The van der Waals surface area contributed by atoms with Gasteiger partial charge in [0.25, 0.3) is 0 Å². The van der Waals surface area contributed by atoms with Crippen LogP contribution in [0.2, 0.25) is 5.02 Å². The minimum Gasteiger partial charge on any atom is -0.325 e. The molecule has 0 atom stereocenters. The molecule has 0 spiro atoms. The van der Waals surface area contributed by atoms with Crippen LogP contribution in [0.3, 0.4) is 0 Å². The van der Waals surface area contributed by atoms with Gasteiger partial charge in [0.05, 0.1) is 21.3 Å². The number of hydrogen-bond donors (Lipinski definition) is 1. The Labute approximate surface area is 126 Å². The lowest BCUT2D eigenvalue weighted by molar-refractivity contribution is 0.972. The van der Waals surface area contributed by atoms with Gasteiger partial charge in [-0.3, -0.25) is 0 Å². The number of rotatable bonds is 3. The van der Waals surface area contributed by atoms with Crippen molar-refractivity contribution in [2.75, 3.05) is 0 Å². The van der Waals surface area contributed by atoms with Crippen LogP contribution >= 0.6 is 22.9 Å². The molecule has 2 heterocycles. The van der Waals surface area contributed by atoms with Crippen LogP contribution in [0.4, 0.5) is 0 Å². The molecule has 0 saturated carbocycles. The Kier molecular flexibility index (Phi) is 3.78. The van der Waals surface area contributed by atoms with Crippen LogP contribution in [-0.2, 0) is 6.54 Å². The topological polar surface area (TPSA) is 51.8 Å². The van der Waals surface area contributed by atoms with Crippen molar-refractivity contribution in [3.05, 3.63) is 58.6 Å². The first kappa shape index (κ1) is 13.2. The Morgan fingerprint density at radius 3 is 2.65 bits per heavy atom. The standard InChI is InChI=1S/C15H12ClN3S/c16-12-5-2-1-4-11(12)15-18-10(9-17)8-13(19-15)14-6-3-7-20-14/h1-8H,9,17H2. The Morgan fingerprint density at radius 2 is 1.95 bits per heavy atom. The van der Waals surface area contributed by atoms with Crippen LogP contribution in [0.15, 0.2) is 47.8 Å². The summed E-state index contributed by atoms with van der Waals surface area (Å²) in [5, 5.41) is 2.66. The highest BCUT2D eigenvalue weighted by atomic mass is 35.5. The molecule has 0 aliphatic carbocycles. The second-order valence-corrected chi connectivity index (χ2v) is 5.58. The Balaban J connectivity index is 2.17. The van der Waals surface area contributed by atoms with Crippen LogP contribution in [-0.4, -0.2) is 9.97 Å². The summed E-state index contributed by atoms with van der Waals surface area (Å²) in [6.07, 6.45) is 0. The normalized spacial score (nSPS) is 10.7. The van der Waals surface area contributed by atoms with E-state index in [9.17, 15) is 0 Å². The van der Waals surface area contributed by atoms with Gasteiger partial charge in [0, 0.05) is 12.1 Å². The van der Waals surface area contributed by atoms with Gasteiger partial charge in [0.15, 0.2) is 5.82 Å². The van der Waals surface area contributed by atoms with Crippen molar-refractivity contribution in [2.24, 2.45) is 5.73 Å². The van der Waals surface area contributed by atoms with Crippen molar-refractivity contribution in [1.82, 2.24) is 9.97 Å². The van der Waals surface area contributed by atoms with Crippen molar-refractivity contribution in [3.63, 3.8) is 0 Å². The van der Waals surface area contributed by atoms with E-state index in [1.165, 1.54) is 0 Å². The zero-order chi connectivity index (χ0) is 13.9. The van der Waals surface area contributed by atoms with Gasteiger partial charge < -0.3 is 5.73 Å². The van der Waals surface area contributed by atoms with Gasteiger partial charge in [-0.2, -0.15) is 0 Å². The minimum absolute atomic E-state index is 0.373. The molecule has 2 N–H and O–H groups in total. The van der Waals surface area contributed by atoms with Gasteiger partial charge in [-0.25, -0.2) is 9.97 Å². The van der Waals surface area contributed by atoms with Gasteiger partial charge in [0.2, 0.25) is 0 Å². The average molecular weight is 302 g/mol. The Hall–Kier alpha value is -1.75. The number of benzene rings is 1. The number of halogens is 1. The Bertz CT molecular complexity index is 726. The molecular formula is C15H12ClN3S. The maximum Gasteiger partial charge on any atom is 0.161 e. The molecule has 0 aliphatic heterocycles. The van der Waals surface area contributed by atoms with Gasteiger partial charge >= 0.3 is 0 Å². The van der Waals surface area contributed by atoms with Crippen LogP contribution < -0.4 is 5.73 Å². The molecular weight excluding hydrogens is 290 g/mol. The van der Waals surface area contributed by atoms with E-state index in [0.29, 0.717) is 17.4 Å². The van der Waals surface area contributed by atoms with Crippen LogP contribution in [0, 0.1) is 0 Å². The summed E-state index contributed by atoms with van der Waals surface area (Å²) in [5.74, 6) is 0.613. The summed E-state index contributed by atoms with van der Waals surface area (Å²) in [7, 11) is 0. The SMILES string of the molecule is NCc1cc(-c2cccs2)nc(-c2ccccc2Cl)n1. The highest BCUT2D eigenvalue weighted by Gasteiger charge is 2.10. The van der Waals surface area contributed by atoms with Crippen LogP contribution in [0.25, 0.3) is 22.0 Å². The maximum atomic E-state index is 6.22. The fraction of sp³-hybridized carbons (Fsp3) is 0.0667. The highest BCUT2D eigenvalue weighted by molar-refractivity contribution is 7.13. The molecule has 1 aromatic carbocycles. The first-order valence-corrected chi connectivity index (χ1v) is 7.40. The molecule has 3 nitrogen and oxygen atoms in total. The third-order valence-electron chi connectivity index (χ3n) is 2.88. The molecule has 0 fully saturated rings.